The molecule has 1 atom stereocenters. The van der Waals surface area contributed by atoms with Crippen LogP contribution in [0.4, 0.5) is 5.69 Å². The third kappa shape index (κ3) is 6.01. The van der Waals surface area contributed by atoms with E-state index in [9.17, 15) is 4.79 Å². The van der Waals surface area contributed by atoms with Crippen molar-refractivity contribution in [3.8, 4) is 5.75 Å². The fourth-order valence-electron chi connectivity index (χ4n) is 4.56. The molecule has 0 saturated carbocycles. The topological polar surface area (TPSA) is 44.8 Å². The maximum atomic E-state index is 12.8. The summed E-state index contributed by atoms with van der Waals surface area (Å²) in [5.74, 6) is 1.00. The van der Waals surface area contributed by atoms with Crippen LogP contribution in [0, 0.1) is 6.92 Å². The molecule has 1 N–H and O–H groups in total. The Hall–Kier alpha value is -2.53. The van der Waals surface area contributed by atoms with Crippen LogP contribution < -0.4 is 15.0 Å². The molecule has 2 aromatic rings. The number of anilines is 1. The summed E-state index contributed by atoms with van der Waals surface area (Å²) < 4.78 is 6.01. The van der Waals surface area contributed by atoms with Crippen molar-refractivity contribution >= 4 is 11.6 Å². The van der Waals surface area contributed by atoms with Gasteiger partial charge in [0.2, 0.25) is 5.91 Å². The molecular formula is C26H35N3O2. The fourth-order valence-corrected chi connectivity index (χ4v) is 4.56. The molecule has 2 aromatic carbocycles. The van der Waals surface area contributed by atoms with E-state index in [1.54, 1.807) is 0 Å². The van der Waals surface area contributed by atoms with E-state index in [0.717, 1.165) is 44.2 Å². The van der Waals surface area contributed by atoms with Gasteiger partial charge >= 0.3 is 0 Å². The van der Waals surface area contributed by atoms with Crippen LogP contribution in [0.5, 0.6) is 5.75 Å². The van der Waals surface area contributed by atoms with Crippen LogP contribution in [0.3, 0.4) is 0 Å². The largest absolute Gasteiger partial charge is 0.489 e. The Morgan fingerprint density at radius 1 is 1.03 bits per heavy atom. The first-order valence-electron chi connectivity index (χ1n) is 11.7. The van der Waals surface area contributed by atoms with Crippen LogP contribution in [-0.4, -0.2) is 49.6 Å². The average molecular weight is 422 g/mol. The van der Waals surface area contributed by atoms with Crippen molar-refractivity contribution in [3.05, 3.63) is 59.7 Å². The van der Waals surface area contributed by atoms with Gasteiger partial charge in [-0.05, 0) is 50.6 Å². The van der Waals surface area contributed by atoms with Crippen molar-refractivity contribution in [1.29, 1.82) is 0 Å². The Morgan fingerprint density at radius 2 is 1.77 bits per heavy atom. The second-order valence-electron chi connectivity index (χ2n) is 8.86. The summed E-state index contributed by atoms with van der Waals surface area (Å²) in [6.45, 7) is 7.39. The van der Waals surface area contributed by atoms with Gasteiger partial charge in [-0.2, -0.15) is 0 Å². The Morgan fingerprint density at radius 3 is 2.55 bits per heavy atom. The smallest absolute Gasteiger partial charge is 0.222 e. The molecule has 1 saturated heterocycles. The minimum Gasteiger partial charge on any atom is -0.489 e. The lowest BCUT2D eigenvalue weighted by atomic mass is 10.1. The van der Waals surface area contributed by atoms with E-state index in [-0.39, 0.29) is 11.9 Å². The zero-order chi connectivity index (χ0) is 21.5. The number of carbonyl (C=O) groups is 1. The first kappa shape index (κ1) is 21.7. The number of nitrogens with one attached hydrogen (secondary N) is 1. The Balaban J connectivity index is 1.37. The number of hydrogen-bond donors (Lipinski definition) is 1. The maximum Gasteiger partial charge on any atom is 0.222 e. The fraction of sp³-hybridized carbons (Fsp3) is 0.500. The van der Waals surface area contributed by atoms with Gasteiger partial charge in [0.15, 0.2) is 0 Å². The van der Waals surface area contributed by atoms with Gasteiger partial charge in [0, 0.05) is 19.6 Å². The van der Waals surface area contributed by atoms with Gasteiger partial charge in [-0.25, -0.2) is 0 Å². The van der Waals surface area contributed by atoms with E-state index in [2.05, 4.69) is 52.4 Å². The SMILES string of the molecule is Cc1ccc(CN2c3ccccc3OC[C@@H]2CC(=O)NCCN2CCCCCC2)cc1. The number of ether oxygens (including phenoxy) is 1. The van der Waals surface area contributed by atoms with Crippen molar-refractivity contribution in [2.45, 2.75) is 51.6 Å². The molecule has 2 heterocycles. The van der Waals surface area contributed by atoms with Crippen molar-refractivity contribution in [2.75, 3.05) is 37.7 Å². The summed E-state index contributed by atoms with van der Waals surface area (Å²) in [5, 5.41) is 3.15. The zero-order valence-electron chi connectivity index (χ0n) is 18.7. The number of carbonyl (C=O) groups excluding carboxylic acids is 1. The number of likely N-dealkylation sites (tertiary alicyclic amines) is 1. The van der Waals surface area contributed by atoms with Crippen molar-refractivity contribution in [2.24, 2.45) is 0 Å². The predicted molar refractivity (Wildman–Crippen MR) is 126 cm³/mol. The van der Waals surface area contributed by atoms with Crippen LogP contribution in [0.1, 0.15) is 43.2 Å². The van der Waals surface area contributed by atoms with Gasteiger partial charge in [-0.1, -0.05) is 54.8 Å². The van der Waals surface area contributed by atoms with Crippen molar-refractivity contribution in [3.63, 3.8) is 0 Å². The number of benzene rings is 2. The highest BCUT2D eigenvalue weighted by Gasteiger charge is 2.29. The second kappa shape index (κ2) is 10.7. The number of aryl methyl sites for hydroxylation is 1. The maximum absolute atomic E-state index is 12.8. The van der Waals surface area contributed by atoms with E-state index in [0.29, 0.717) is 13.0 Å². The number of amides is 1. The first-order valence-corrected chi connectivity index (χ1v) is 11.7. The number of hydrogen-bond acceptors (Lipinski definition) is 4. The summed E-state index contributed by atoms with van der Waals surface area (Å²) in [6.07, 6.45) is 5.67. The van der Waals surface area contributed by atoms with E-state index in [1.807, 2.05) is 18.2 Å². The minimum absolute atomic E-state index is 0.0226. The Bertz CT molecular complexity index is 844. The molecule has 2 aliphatic heterocycles. The lowest BCUT2D eigenvalue weighted by Crippen LogP contribution is -2.46. The van der Waals surface area contributed by atoms with Gasteiger partial charge in [0.05, 0.1) is 18.2 Å². The summed E-state index contributed by atoms with van der Waals surface area (Å²) in [7, 11) is 0. The monoisotopic (exact) mass is 421 g/mol. The molecule has 1 fully saturated rings. The Labute approximate surface area is 186 Å². The summed E-state index contributed by atoms with van der Waals surface area (Å²) in [5.41, 5.74) is 3.57. The van der Waals surface area contributed by atoms with Crippen molar-refractivity contribution < 1.29 is 9.53 Å². The van der Waals surface area contributed by atoms with Gasteiger partial charge in [-0.15, -0.1) is 0 Å². The van der Waals surface area contributed by atoms with Crippen LogP contribution in [0.15, 0.2) is 48.5 Å². The third-order valence-electron chi connectivity index (χ3n) is 6.39. The van der Waals surface area contributed by atoms with Gasteiger partial charge in [0.1, 0.15) is 12.4 Å². The number of nitrogens with zero attached hydrogens (tertiary/aromatic N) is 2. The van der Waals surface area contributed by atoms with E-state index in [1.165, 1.54) is 36.8 Å². The van der Waals surface area contributed by atoms with Gasteiger partial charge < -0.3 is 19.9 Å². The molecule has 0 bridgehead atoms. The van der Waals surface area contributed by atoms with E-state index >= 15 is 0 Å². The summed E-state index contributed by atoms with van der Waals surface area (Å²) in [4.78, 5) is 17.6. The zero-order valence-corrected chi connectivity index (χ0v) is 18.7. The standard InChI is InChI=1S/C26H35N3O2/c1-21-10-12-22(13-11-21)19-29-23(20-31-25-9-5-4-8-24(25)29)18-26(30)27-14-17-28-15-6-2-3-7-16-28/h4-5,8-13,23H,2-3,6-7,14-20H2,1H3,(H,27,30)/t23-/m0/s1. The average Bonchev–Trinajstić information content (AvgIpc) is 3.06. The van der Waals surface area contributed by atoms with Crippen LogP contribution in [0.2, 0.25) is 0 Å². The first-order chi connectivity index (χ1) is 15.2. The lowest BCUT2D eigenvalue weighted by Gasteiger charge is -2.38. The molecule has 4 rings (SSSR count). The molecule has 0 spiro atoms. The highest BCUT2D eigenvalue weighted by Crippen LogP contribution is 2.35. The van der Waals surface area contributed by atoms with E-state index in [4.69, 9.17) is 4.74 Å². The molecular weight excluding hydrogens is 386 g/mol. The molecule has 2 aliphatic rings. The van der Waals surface area contributed by atoms with Gasteiger partial charge in [-0.3, -0.25) is 4.79 Å². The van der Waals surface area contributed by atoms with E-state index < -0.39 is 0 Å². The normalized spacial score (nSPS) is 19.3. The number of para-hydroxylation sites is 2. The third-order valence-corrected chi connectivity index (χ3v) is 6.39. The lowest BCUT2D eigenvalue weighted by molar-refractivity contribution is -0.121. The summed E-state index contributed by atoms with van der Waals surface area (Å²) >= 11 is 0. The molecule has 1 amide bonds. The Kier molecular flexibility index (Phi) is 7.47. The van der Waals surface area contributed by atoms with Crippen LogP contribution in [0.25, 0.3) is 0 Å². The highest BCUT2D eigenvalue weighted by atomic mass is 16.5. The number of fused-ring (bicyclic) bond motifs is 1. The molecule has 0 aliphatic carbocycles. The molecule has 31 heavy (non-hydrogen) atoms. The molecule has 166 valence electrons. The molecule has 0 radical (unpaired) electrons. The molecule has 5 nitrogen and oxygen atoms in total. The molecule has 0 aromatic heterocycles. The minimum atomic E-state index is 0.0226. The summed E-state index contributed by atoms with van der Waals surface area (Å²) in [6, 6.07) is 16.8. The molecule has 0 unspecified atom stereocenters. The van der Waals surface area contributed by atoms with Crippen LogP contribution in [-0.2, 0) is 11.3 Å². The van der Waals surface area contributed by atoms with Crippen LogP contribution >= 0.6 is 0 Å². The second-order valence-corrected chi connectivity index (χ2v) is 8.86. The van der Waals surface area contributed by atoms with Crippen molar-refractivity contribution in [1.82, 2.24) is 10.2 Å². The quantitative estimate of drug-likeness (QED) is 0.730. The van der Waals surface area contributed by atoms with Gasteiger partial charge in [0.25, 0.3) is 0 Å². The predicted octanol–water partition coefficient (Wildman–Crippen LogP) is 4.14. The number of rotatable bonds is 7. The molecule has 5 heteroatoms. The highest BCUT2D eigenvalue weighted by molar-refractivity contribution is 5.77.